The zero-order valence-corrected chi connectivity index (χ0v) is 20.8. The molecule has 5 rings (SSSR count). The van der Waals surface area contributed by atoms with E-state index in [1.165, 1.54) is 4.90 Å². The number of rotatable bonds is 8. The molecule has 3 aromatic rings. The topological polar surface area (TPSA) is 85.3 Å². The Balaban J connectivity index is 1.44. The zero-order chi connectivity index (χ0) is 25.8. The van der Waals surface area contributed by atoms with Crippen LogP contribution in [-0.2, 0) is 38.6 Å². The summed E-state index contributed by atoms with van der Waals surface area (Å²) < 4.78 is 17.9. The maximum Gasteiger partial charge on any atom is 0.326 e. The normalized spacial score (nSPS) is 19.8. The second-order valence-electron chi connectivity index (χ2n) is 9.56. The standard InChI is InChI=1S/C30H31NO6/c1-20-12-13-23-17-31(29(32)28(22-10-6-3-7-11-22)37-24-14-15-35-19-24)26(30(33)34)16-25(23)27(20)36-18-21-8-4-2-5-9-21/h2-13,24,26,28H,14-19H2,1H3,(H,33,34)/t24-,26-,28-/m1/s1. The molecule has 0 saturated carbocycles. The molecule has 0 aliphatic carbocycles. The molecule has 7 heteroatoms. The van der Waals surface area contributed by atoms with E-state index in [-0.39, 0.29) is 25.0 Å². The van der Waals surface area contributed by atoms with Crippen molar-refractivity contribution in [2.45, 2.75) is 51.2 Å². The summed E-state index contributed by atoms with van der Waals surface area (Å²) in [6.07, 6.45) is -0.259. The van der Waals surface area contributed by atoms with Crippen molar-refractivity contribution in [3.8, 4) is 5.75 Å². The minimum atomic E-state index is -1.05. The van der Waals surface area contributed by atoms with E-state index in [2.05, 4.69) is 0 Å². The van der Waals surface area contributed by atoms with E-state index in [9.17, 15) is 14.7 Å². The smallest absolute Gasteiger partial charge is 0.326 e. The average molecular weight is 502 g/mol. The first-order valence-electron chi connectivity index (χ1n) is 12.6. The number of carboxylic acid groups (broad SMARTS) is 1. The summed E-state index contributed by atoms with van der Waals surface area (Å²) in [5.74, 6) is -0.715. The summed E-state index contributed by atoms with van der Waals surface area (Å²) in [6, 6.07) is 22.0. The van der Waals surface area contributed by atoms with Gasteiger partial charge in [0.25, 0.3) is 5.91 Å². The summed E-state index contributed by atoms with van der Waals surface area (Å²) in [4.78, 5) is 27.8. The SMILES string of the molecule is Cc1ccc2c(c1OCc1ccccc1)C[C@H](C(=O)O)N(C(=O)[C@H](O[C@@H]1CCOC1)c1ccccc1)C2. The van der Waals surface area contributed by atoms with Crippen molar-refractivity contribution < 1.29 is 28.9 Å². The van der Waals surface area contributed by atoms with Crippen molar-refractivity contribution in [1.29, 1.82) is 0 Å². The van der Waals surface area contributed by atoms with Crippen LogP contribution in [0.1, 0.15) is 40.3 Å². The van der Waals surface area contributed by atoms with Crippen molar-refractivity contribution in [2.75, 3.05) is 13.2 Å². The van der Waals surface area contributed by atoms with E-state index in [0.29, 0.717) is 37.6 Å². The zero-order valence-electron chi connectivity index (χ0n) is 20.8. The third kappa shape index (κ3) is 5.53. The first kappa shape index (κ1) is 25.0. The molecule has 2 aliphatic rings. The maximum atomic E-state index is 13.9. The highest BCUT2D eigenvalue weighted by Gasteiger charge is 2.40. The van der Waals surface area contributed by atoms with Gasteiger partial charge in [-0.3, -0.25) is 4.79 Å². The molecule has 0 unspecified atom stereocenters. The molecule has 0 aromatic heterocycles. The molecule has 2 aliphatic heterocycles. The first-order valence-corrected chi connectivity index (χ1v) is 12.6. The molecule has 3 aromatic carbocycles. The van der Waals surface area contributed by atoms with Gasteiger partial charge in [-0.2, -0.15) is 0 Å². The molecule has 1 saturated heterocycles. The van der Waals surface area contributed by atoms with Crippen molar-refractivity contribution >= 4 is 11.9 Å². The van der Waals surface area contributed by atoms with E-state index >= 15 is 0 Å². The Kier molecular flexibility index (Phi) is 7.53. The van der Waals surface area contributed by atoms with Crippen molar-refractivity contribution in [3.05, 3.63) is 101 Å². The number of hydrogen-bond acceptors (Lipinski definition) is 5. The molecule has 3 atom stereocenters. The molecule has 2 heterocycles. The molecule has 1 N–H and O–H groups in total. The molecule has 37 heavy (non-hydrogen) atoms. The van der Waals surface area contributed by atoms with Crippen LogP contribution in [0.25, 0.3) is 0 Å². The van der Waals surface area contributed by atoms with Crippen LogP contribution < -0.4 is 4.74 Å². The Labute approximate surface area is 216 Å². The minimum absolute atomic E-state index is 0.163. The summed E-state index contributed by atoms with van der Waals surface area (Å²) in [5, 5.41) is 10.2. The summed E-state index contributed by atoms with van der Waals surface area (Å²) >= 11 is 0. The monoisotopic (exact) mass is 501 g/mol. The van der Waals surface area contributed by atoms with Crippen molar-refractivity contribution in [1.82, 2.24) is 4.90 Å². The number of carbonyl (C=O) groups excluding carboxylic acids is 1. The molecular formula is C30H31NO6. The maximum absolute atomic E-state index is 13.9. The number of nitrogens with zero attached hydrogens (tertiary/aromatic N) is 1. The molecule has 0 bridgehead atoms. The Morgan fingerprint density at radius 3 is 2.46 bits per heavy atom. The highest BCUT2D eigenvalue weighted by Crippen LogP contribution is 2.36. The highest BCUT2D eigenvalue weighted by molar-refractivity contribution is 5.88. The molecule has 0 radical (unpaired) electrons. The van der Waals surface area contributed by atoms with Gasteiger partial charge in [0, 0.05) is 25.1 Å². The van der Waals surface area contributed by atoms with Crippen LogP contribution in [0.4, 0.5) is 0 Å². The minimum Gasteiger partial charge on any atom is -0.488 e. The number of aryl methyl sites for hydroxylation is 1. The summed E-state index contributed by atoms with van der Waals surface area (Å²) in [7, 11) is 0. The quantitative estimate of drug-likeness (QED) is 0.491. The van der Waals surface area contributed by atoms with E-state index in [1.54, 1.807) is 0 Å². The van der Waals surface area contributed by atoms with E-state index < -0.39 is 18.1 Å². The number of aliphatic carboxylic acids is 1. The molecule has 192 valence electrons. The lowest BCUT2D eigenvalue weighted by molar-refractivity contribution is -0.160. The van der Waals surface area contributed by atoms with Crippen LogP contribution in [0.15, 0.2) is 72.8 Å². The Morgan fingerprint density at radius 2 is 1.78 bits per heavy atom. The third-order valence-corrected chi connectivity index (χ3v) is 7.01. The predicted molar refractivity (Wildman–Crippen MR) is 137 cm³/mol. The van der Waals surface area contributed by atoms with Crippen LogP contribution in [0.2, 0.25) is 0 Å². The fourth-order valence-corrected chi connectivity index (χ4v) is 5.01. The van der Waals surface area contributed by atoms with Gasteiger partial charge in [0.05, 0.1) is 12.7 Å². The average Bonchev–Trinajstić information content (AvgIpc) is 3.44. The van der Waals surface area contributed by atoms with E-state index in [1.807, 2.05) is 79.7 Å². The van der Waals surface area contributed by atoms with Gasteiger partial charge < -0.3 is 24.2 Å². The van der Waals surface area contributed by atoms with E-state index in [4.69, 9.17) is 14.2 Å². The van der Waals surface area contributed by atoms with Crippen LogP contribution in [-0.4, -0.2) is 47.2 Å². The predicted octanol–water partition coefficient (Wildman–Crippen LogP) is 4.46. The highest BCUT2D eigenvalue weighted by atomic mass is 16.6. The fraction of sp³-hybridized carbons (Fsp3) is 0.333. The van der Waals surface area contributed by atoms with Gasteiger partial charge in [-0.15, -0.1) is 0 Å². The Bertz CT molecular complexity index is 1240. The molecule has 7 nitrogen and oxygen atoms in total. The van der Waals surface area contributed by atoms with Crippen LogP contribution >= 0.6 is 0 Å². The van der Waals surface area contributed by atoms with E-state index in [0.717, 1.165) is 22.3 Å². The lowest BCUT2D eigenvalue weighted by Crippen LogP contribution is -2.51. The molecule has 1 amide bonds. The second-order valence-corrected chi connectivity index (χ2v) is 9.56. The fourth-order valence-electron chi connectivity index (χ4n) is 5.01. The van der Waals surface area contributed by atoms with Gasteiger partial charge >= 0.3 is 5.97 Å². The molecular weight excluding hydrogens is 470 g/mol. The summed E-state index contributed by atoms with van der Waals surface area (Å²) in [6.45, 7) is 3.51. The van der Waals surface area contributed by atoms with Gasteiger partial charge in [-0.1, -0.05) is 72.8 Å². The number of hydrogen-bond donors (Lipinski definition) is 1. The van der Waals surface area contributed by atoms with Gasteiger partial charge in [0.2, 0.25) is 0 Å². The van der Waals surface area contributed by atoms with Crippen molar-refractivity contribution in [3.63, 3.8) is 0 Å². The summed E-state index contributed by atoms with van der Waals surface area (Å²) in [5.41, 5.74) is 4.39. The lowest BCUT2D eigenvalue weighted by Gasteiger charge is -2.37. The first-order chi connectivity index (χ1) is 18.0. The number of carbonyl (C=O) groups is 2. The number of amides is 1. The lowest BCUT2D eigenvalue weighted by atomic mass is 9.90. The van der Waals surface area contributed by atoms with Crippen LogP contribution in [0, 0.1) is 6.92 Å². The van der Waals surface area contributed by atoms with Crippen molar-refractivity contribution in [2.24, 2.45) is 0 Å². The number of benzene rings is 3. The van der Waals surface area contributed by atoms with Crippen LogP contribution in [0.5, 0.6) is 5.75 Å². The van der Waals surface area contributed by atoms with Gasteiger partial charge in [-0.05, 0) is 35.6 Å². The Hall–Kier alpha value is -3.68. The molecule has 0 spiro atoms. The number of fused-ring (bicyclic) bond motifs is 1. The van der Waals surface area contributed by atoms with Gasteiger partial charge in [0.1, 0.15) is 18.4 Å². The second kappa shape index (κ2) is 11.2. The van der Waals surface area contributed by atoms with Crippen LogP contribution in [0.3, 0.4) is 0 Å². The largest absolute Gasteiger partial charge is 0.488 e. The molecule has 1 fully saturated rings. The number of carboxylic acids is 1. The van der Waals surface area contributed by atoms with Gasteiger partial charge in [0.15, 0.2) is 6.10 Å². The Morgan fingerprint density at radius 1 is 1.05 bits per heavy atom. The number of ether oxygens (including phenoxy) is 3. The van der Waals surface area contributed by atoms with Gasteiger partial charge in [-0.25, -0.2) is 4.79 Å². The third-order valence-electron chi connectivity index (χ3n) is 7.01.